The number of rotatable bonds is 8. The summed E-state index contributed by atoms with van der Waals surface area (Å²) in [7, 11) is 1.57. The van der Waals surface area contributed by atoms with Gasteiger partial charge in [-0.2, -0.15) is 0 Å². The van der Waals surface area contributed by atoms with Gasteiger partial charge in [0, 0.05) is 6.54 Å². The van der Waals surface area contributed by atoms with Crippen molar-refractivity contribution in [2.45, 2.75) is 13.0 Å². The number of nitrogens with zero attached hydrogens (tertiary/aromatic N) is 2. The van der Waals surface area contributed by atoms with E-state index in [0.29, 0.717) is 29.2 Å². The van der Waals surface area contributed by atoms with Gasteiger partial charge in [0.15, 0.2) is 0 Å². The van der Waals surface area contributed by atoms with Crippen molar-refractivity contribution in [3.8, 4) is 5.75 Å². The van der Waals surface area contributed by atoms with Crippen LogP contribution < -0.4 is 10.1 Å². The number of hydrogen-bond acceptors (Lipinski definition) is 5. The summed E-state index contributed by atoms with van der Waals surface area (Å²) in [6.45, 7) is -0.214. The maximum Gasteiger partial charge on any atom is 0.335 e. The Hall–Kier alpha value is -3.68. The van der Waals surface area contributed by atoms with E-state index >= 15 is 0 Å². The Kier molecular flexibility index (Phi) is 6.23. The summed E-state index contributed by atoms with van der Waals surface area (Å²) >= 11 is 0. The Morgan fingerprint density at radius 1 is 0.931 bits per heavy atom. The van der Waals surface area contributed by atoms with E-state index < -0.39 is 30.3 Å². The van der Waals surface area contributed by atoms with E-state index in [1.54, 1.807) is 31.4 Å². The van der Waals surface area contributed by atoms with Gasteiger partial charge < -0.3 is 10.1 Å². The zero-order chi connectivity index (χ0) is 20.8. The number of urea groups is 1. The van der Waals surface area contributed by atoms with Crippen LogP contribution in [0.4, 0.5) is 4.79 Å². The Bertz CT molecular complexity index is 929. The summed E-state index contributed by atoms with van der Waals surface area (Å²) in [4.78, 5) is 50.5. The number of benzene rings is 2. The molecule has 29 heavy (non-hydrogen) atoms. The second-order valence-corrected chi connectivity index (χ2v) is 6.46. The first-order valence-electron chi connectivity index (χ1n) is 9.11. The normalized spacial score (nSPS) is 13.8. The van der Waals surface area contributed by atoms with Crippen LogP contribution in [-0.4, -0.2) is 53.8 Å². The van der Waals surface area contributed by atoms with Gasteiger partial charge in [-0.25, -0.2) is 9.69 Å². The number of nitrogens with one attached hydrogen (secondary N) is 1. The lowest BCUT2D eigenvalue weighted by atomic mass is 10.1. The van der Waals surface area contributed by atoms with Gasteiger partial charge in [-0.15, -0.1) is 0 Å². The fourth-order valence-electron chi connectivity index (χ4n) is 3.04. The van der Waals surface area contributed by atoms with Gasteiger partial charge >= 0.3 is 17.8 Å². The quantitative estimate of drug-likeness (QED) is 0.538. The van der Waals surface area contributed by atoms with Gasteiger partial charge in [-0.3, -0.25) is 19.3 Å². The molecule has 1 aliphatic rings. The fraction of sp³-hybridized carbons (Fsp3) is 0.238. The number of hydrogen-bond donors (Lipinski definition) is 1. The molecule has 0 aliphatic carbocycles. The predicted molar refractivity (Wildman–Crippen MR) is 104 cm³/mol. The molecule has 1 saturated heterocycles. The van der Waals surface area contributed by atoms with Crippen molar-refractivity contribution in [1.29, 1.82) is 0 Å². The van der Waals surface area contributed by atoms with Crippen LogP contribution >= 0.6 is 0 Å². The van der Waals surface area contributed by atoms with Crippen LogP contribution in [0.1, 0.15) is 11.1 Å². The summed E-state index contributed by atoms with van der Waals surface area (Å²) in [6.07, 6.45) is 0.525. The molecule has 8 heteroatoms. The molecule has 1 heterocycles. The average molecular weight is 395 g/mol. The summed E-state index contributed by atoms with van der Waals surface area (Å²) in [6, 6.07) is 15.5. The number of ether oxygens (including phenoxy) is 1. The van der Waals surface area contributed by atoms with Crippen LogP contribution in [0.3, 0.4) is 0 Å². The van der Waals surface area contributed by atoms with E-state index in [0.717, 1.165) is 10.5 Å². The van der Waals surface area contributed by atoms with Gasteiger partial charge in [-0.1, -0.05) is 48.5 Å². The first-order chi connectivity index (χ1) is 14.0. The average Bonchev–Trinajstić information content (AvgIpc) is 2.93. The maximum absolute atomic E-state index is 12.5. The monoisotopic (exact) mass is 395 g/mol. The molecule has 0 atom stereocenters. The summed E-state index contributed by atoms with van der Waals surface area (Å²) < 4.78 is 5.26. The van der Waals surface area contributed by atoms with E-state index in [1.165, 1.54) is 0 Å². The van der Waals surface area contributed by atoms with Crippen molar-refractivity contribution in [1.82, 2.24) is 15.1 Å². The predicted octanol–water partition coefficient (Wildman–Crippen LogP) is 1.34. The van der Waals surface area contributed by atoms with Crippen LogP contribution in [0.2, 0.25) is 0 Å². The molecule has 5 amide bonds. The maximum atomic E-state index is 12.5. The molecular weight excluding hydrogens is 374 g/mol. The van der Waals surface area contributed by atoms with Crippen LogP contribution in [0.25, 0.3) is 0 Å². The minimum atomic E-state index is -0.995. The number of amides is 5. The highest BCUT2D eigenvalue weighted by atomic mass is 16.5. The molecular formula is C21H21N3O5. The third kappa shape index (κ3) is 4.60. The number of carbonyl (C=O) groups is 4. The van der Waals surface area contributed by atoms with Gasteiger partial charge in [0.1, 0.15) is 12.3 Å². The topological polar surface area (TPSA) is 96.0 Å². The van der Waals surface area contributed by atoms with E-state index in [2.05, 4.69) is 5.32 Å². The van der Waals surface area contributed by atoms with Crippen molar-refractivity contribution >= 4 is 23.8 Å². The van der Waals surface area contributed by atoms with Crippen molar-refractivity contribution in [2.24, 2.45) is 0 Å². The van der Waals surface area contributed by atoms with Gasteiger partial charge in [0.25, 0.3) is 0 Å². The molecule has 0 saturated carbocycles. The molecule has 2 aromatic carbocycles. The standard InChI is InChI=1S/C21H21N3O5/c1-29-17-10-6-5-9-16(17)11-12-22-18(25)14-24-20(27)19(26)23(21(24)28)13-15-7-3-2-4-8-15/h2-10H,11-14H2,1H3,(H,22,25). The van der Waals surface area contributed by atoms with Gasteiger partial charge in [0.05, 0.1) is 13.7 Å². The van der Waals surface area contributed by atoms with E-state index in [1.807, 2.05) is 30.3 Å². The van der Waals surface area contributed by atoms with Gasteiger partial charge in [-0.05, 0) is 23.6 Å². The SMILES string of the molecule is COc1ccccc1CCNC(=O)CN1C(=O)C(=O)N(Cc2ccccc2)C1=O. The fourth-order valence-corrected chi connectivity index (χ4v) is 3.04. The number of methoxy groups -OCH3 is 1. The molecule has 1 N–H and O–H groups in total. The van der Waals surface area contributed by atoms with Gasteiger partial charge in [0.2, 0.25) is 5.91 Å². The minimum absolute atomic E-state index is 0.0177. The minimum Gasteiger partial charge on any atom is -0.496 e. The van der Waals surface area contributed by atoms with Crippen molar-refractivity contribution in [3.05, 3.63) is 65.7 Å². The summed E-state index contributed by atoms with van der Waals surface area (Å²) in [5.41, 5.74) is 1.64. The number of imide groups is 2. The second kappa shape index (κ2) is 9.01. The summed E-state index contributed by atoms with van der Waals surface area (Å²) in [5, 5.41) is 2.66. The van der Waals surface area contributed by atoms with Crippen molar-refractivity contribution in [3.63, 3.8) is 0 Å². The molecule has 3 rings (SSSR count). The largest absolute Gasteiger partial charge is 0.496 e. The zero-order valence-electron chi connectivity index (χ0n) is 16.0. The number of para-hydroxylation sites is 1. The van der Waals surface area contributed by atoms with Crippen LogP contribution in [0.5, 0.6) is 5.75 Å². The van der Waals surface area contributed by atoms with E-state index in [9.17, 15) is 19.2 Å². The Morgan fingerprint density at radius 3 is 2.31 bits per heavy atom. The lowest BCUT2D eigenvalue weighted by molar-refractivity contribution is -0.144. The summed E-state index contributed by atoms with van der Waals surface area (Å²) in [5.74, 6) is -1.73. The lowest BCUT2D eigenvalue weighted by Gasteiger charge is -2.15. The first kappa shape index (κ1) is 20.1. The molecule has 1 aliphatic heterocycles. The highest BCUT2D eigenvalue weighted by molar-refractivity contribution is 6.44. The molecule has 2 aromatic rings. The molecule has 0 aromatic heterocycles. The number of carbonyl (C=O) groups excluding carboxylic acids is 4. The molecule has 8 nitrogen and oxygen atoms in total. The third-order valence-corrected chi connectivity index (χ3v) is 4.53. The van der Waals surface area contributed by atoms with Crippen LogP contribution in [-0.2, 0) is 27.3 Å². The Labute approximate surface area is 168 Å². The molecule has 0 unspecified atom stereocenters. The van der Waals surface area contributed by atoms with Crippen molar-refractivity contribution < 1.29 is 23.9 Å². The molecule has 150 valence electrons. The Balaban J connectivity index is 1.55. The van der Waals surface area contributed by atoms with E-state index in [4.69, 9.17) is 4.74 Å². The smallest absolute Gasteiger partial charge is 0.335 e. The molecule has 0 bridgehead atoms. The Morgan fingerprint density at radius 2 is 1.59 bits per heavy atom. The van der Waals surface area contributed by atoms with Crippen LogP contribution in [0, 0.1) is 0 Å². The zero-order valence-corrected chi connectivity index (χ0v) is 16.0. The highest BCUT2D eigenvalue weighted by Gasteiger charge is 2.45. The van der Waals surface area contributed by atoms with E-state index in [-0.39, 0.29) is 6.54 Å². The first-order valence-corrected chi connectivity index (χ1v) is 9.11. The highest BCUT2D eigenvalue weighted by Crippen LogP contribution is 2.18. The third-order valence-electron chi connectivity index (χ3n) is 4.53. The second-order valence-electron chi connectivity index (χ2n) is 6.46. The molecule has 1 fully saturated rings. The molecule has 0 spiro atoms. The molecule has 0 radical (unpaired) electrons. The van der Waals surface area contributed by atoms with Crippen LogP contribution in [0.15, 0.2) is 54.6 Å². The van der Waals surface area contributed by atoms with Crippen molar-refractivity contribution in [2.75, 3.05) is 20.2 Å². The lowest BCUT2D eigenvalue weighted by Crippen LogP contribution is -2.41.